The molecule has 1 aliphatic heterocycles. The van der Waals surface area contributed by atoms with E-state index in [0.29, 0.717) is 4.48 Å². The second-order valence-electron chi connectivity index (χ2n) is 4.05. The summed E-state index contributed by atoms with van der Waals surface area (Å²) in [7, 11) is 1.89. The summed E-state index contributed by atoms with van der Waals surface area (Å²) in [5.74, 6) is 0. The van der Waals surface area contributed by atoms with Crippen molar-refractivity contribution in [1.29, 1.82) is 0 Å². The van der Waals surface area contributed by atoms with Gasteiger partial charge in [0, 0.05) is 23.6 Å². The first-order chi connectivity index (χ1) is 6.62. The van der Waals surface area contributed by atoms with Gasteiger partial charge >= 0.3 is 5.37 Å². The van der Waals surface area contributed by atoms with Crippen molar-refractivity contribution in [2.75, 3.05) is 13.6 Å². The molecule has 1 aromatic carbocycles. The maximum absolute atomic E-state index is 11.3. The minimum atomic E-state index is -0.264. The van der Waals surface area contributed by atoms with Gasteiger partial charge in [0.1, 0.15) is 6.54 Å². The maximum atomic E-state index is 11.3. The third kappa shape index (κ3) is 1.56. The number of halogens is 1. The number of quaternary nitrogens is 1. The number of fused-ring (bicyclic) bond motifs is 1. The first kappa shape index (κ1) is 9.69. The van der Waals surface area contributed by atoms with Crippen LogP contribution in [0.5, 0.6) is 0 Å². The summed E-state index contributed by atoms with van der Waals surface area (Å²) in [6, 6.07) is 8.24. The molecule has 1 unspecified atom stereocenters. The summed E-state index contributed by atoms with van der Waals surface area (Å²) < 4.78 is 0.318. The van der Waals surface area contributed by atoms with Crippen LogP contribution in [-0.2, 0) is 13.0 Å². The number of amides is 1. The SMILES string of the molecule is C[N+]1(C(=O)Cl)CCc2ccccc2C1. The summed E-state index contributed by atoms with van der Waals surface area (Å²) >= 11 is 5.60. The van der Waals surface area contributed by atoms with Gasteiger partial charge in [0.25, 0.3) is 0 Å². The molecule has 0 spiro atoms. The molecule has 2 nitrogen and oxygen atoms in total. The molecule has 0 saturated carbocycles. The minimum absolute atomic E-state index is 0.264. The standard InChI is InChI=1S/C11H13ClNO/c1-13(11(12)14)7-6-9-4-2-3-5-10(9)8-13/h2-5H,6-8H2,1H3/q+1. The van der Waals surface area contributed by atoms with Crippen molar-refractivity contribution in [3.63, 3.8) is 0 Å². The van der Waals surface area contributed by atoms with Gasteiger partial charge in [0.15, 0.2) is 0 Å². The molecule has 0 saturated heterocycles. The van der Waals surface area contributed by atoms with Gasteiger partial charge in [-0.05, 0) is 5.56 Å². The smallest absolute Gasteiger partial charge is 0.244 e. The van der Waals surface area contributed by atoms with Gasteiger partial charge in [-0.2, -0.15) is 0 Å². The molecule has 1 aromatic rings. The van der Waals surface area contributed by atoms with Crippen LogP contribution in [0.1, 0.15) is 11.1 Å². The highest BCUT2D eigenvalue weighted by Gasteiger charge is 2.34. The van der Waals surface area contributed by atoms with Crippen LogP contribution >= 0.6 is 11.6 Å². The molecule has 0 aliphatic carbocycles. The number of likely N-dealkylation sites (N-methyl/N-ethyl adjacent to an activating group) is 1. The zero-order valence-corrected chi connectivity index (χ0v) is 8.92. The lowest BCUT2D eigenvalue weighted by molar-refractivity contribution is -0.840. The van der Waals surface area contributed by atoms with E-state index in [0.717, 1.165) is 19.5 Å². The molecule has 3 heteroatoms. The van der Waals surface area contributed by atoms with E-state index in [4.69, 9.17) is 11.6 Å². The zero-order valence-electron chi connectivity index (χ0n) is 8.16. The van der Waals surface area contributed by atoms with Gasteiger partial charge in [0.2, 0.25) is 0 Å². The van der Waals surface area contributed by atoms with Gasteiger partial charge < -0.3 is 0 Å². The molecule has 0 aromatic heterocycles. The van der Waals surface area contributed by atoms with Crippen molar-refractivity contribution in [1.82, 2.24) is 0 Å². The molecular weight excluding hydrogens is 198 g/mol. The highest BCUT2D eigenvalue weighted by molar-refractivity contribution is 6.60. The molecular formula is C11H13ClNO+. The van der Waals surface area contributed by atoms with E-state index in [2.05, 4.69) is 12.1 Å². The molecule has 74 valence electrons. The summed E-state index contributed by atoms with van der Waals surface area (Å²) in [6.07, 6.45) is 0.936. The quantitative estimate of drug-likeness (QED) is 0.366. The Bertz CT molecular complexity index is 377. The maximum Gasteiger partial charge on any atom is 0.411 e. The Morgan fingerprint density at radius 3 is 2.64 bits per heavy atom. The van der Waals surface area contributed by atoms with E-state index in [1.807, 2.05) is 19.2 Å². The molecule has 1 amide bonds. The summed E-state index contributed by atoms with van der Waals surface area (Å²) in [4.78, 5) is 11.3. The lowest BCUT2D eigenvalue weighted by atomic mass is 9.99. The molecule has 1 atom stereocenters. The second kappa shape index (κ2) is 3.37. The first-order valence-corrected chi connectivity index (χ1v) is 5.11. The number of nitrogens with zero attached hydrogens (tertiary/aromatic N) is 1. The molecule has 14 heavy (non-hydrogen) atoms. The van der Waals surface area contributed by atoms with E-state index in [-0.39, 0.29) is 5.37 Å². The van der Waals surface area contributed by atoms with E-state index in [1.165, 1.54) is 11.1 Å². The van der Waals surface area contributed by atoms with Gasteiger partial charge in [-0.15, -0.1) is 0 Å². The van der Waals surface area contributed by atoms with Crippen LogP contribution in [0.2, 0.25) is 0 Å². The molecule has 2 rings (SSSR count). The second-order valence-corrected chi connectivity index (χ2v) is 4.37. The molecule has 1 aliphatic rings. The molecule has 0 N–H and O–H groups in total. The number of benzene rings is 1. The average molecular weight is 211 g/mol. The Kier molecular flexibility index (Phi) is 2.33. The molecule has 0 radical (unpaired) electrons. The fraction of sp³-hybridized carbons (Fsp3) is 0.364. The minimum Gasteiger partial charge on any atom is -0.244 e. The topological polar surface area (TPSA) is 17.1 Å². The summed E-state index contributed by atoms with van der Waals surface area (Å²) in [5.41, 5.74) is 2.59. The molecule has 1 heterocycles. The number of hydrogen-bond acceptors (Lipinski definition) is 1. The number of hydrogen-bond donors (Lipinski definition) is 0. The summed E-state index contributed by atoms with van der Waals surface area (Å²) in [6.45, 7) is 1.53. The van der Waals surface area contributed by atoms with Crippen LogP contribution in [0.15, 0.2) is 24.3 Å². The fourth-order valence-electron chi connectivity index (χ4n) is 1.93. The Labute approximate surface area is 88.7 Å². The van der Waals surface area contributed by atoms with Crippen molar-refractivity contribution in [2.45, 2.75) is 13.0 Å². The summed E-state index contributed by atoms with van der Waals surface area (Å²) in [5, 5.41) is -0.264. The Morgan fingerprint density at radius 1 is 1.36 bits per heavy atom. The number of carbonyl (C=O) groups is 1. The highest BCUT2D eigenvalue weighted by Crippen LogP contribution is 2.24. The van der Waals surface area contributed by atoms with Crippen molar-refractivity contribution >= 4 is 17.0 Å². The van der Waals surface area contributed by atoms with Crippen LogP contribution in [0, 0.1) is 0 Å². The Balaban J connectivity index is 2.34. The van der Waals surface area contributed by atoms with Crippen LogP contribution in [0.25, 0.3) is 0 Å². The van der Waals surface area contributed by atoms with Crippen LogP contribution in [0.3, 0.4) is 0 Å². The molecule has 0 fully saturated rings. The largest absolute Gasteiger partial charge is 0.411 e. The Morgan fingerprint density at radius 2 is 2.00 bits per heavy atom. The van der Waals surface area contributed by atoms with E-state index in [9.17, 15) is 4.79 Å². The Hall–Kier alpha value is -0.860. The van der Waals surface area contributed by atoms with Crippen LogP contribution < -0.4 is 0 Å². The van der Waals surface area contributed by atoms with E-state index >= 15 is 0 Å². The predicted octanol–water partition coefficient (Wildman–Crippen LogP) is 2.55. The van der Waals surface area contributed by atoms with Crippen molar-refractivity contribution in [2.24, 2.45) is 0 Å². The lowest BCUT2D eigenvalue weighted by Gasteiger charge is -2.33. The highest BCUT2D eigenvalue weighted by atomic mass is 35.5. The van der Waals surface area contributed by atoms with Crippen LogP contribution in [-0.4, -0.2) is 23.4 Å². The number of carbonyl (C=O) groups excluding carboxylic acids is 1. The van der Waals surface area contributed by atoms with Crippen molar-refractivity contribution < 1.29 is 9.28 Å². The van der Waals surface area contributed by atoms with Gasteiger partial charge in [-0.3, -0.25) is 0 Å². The van der Waals surface area contributed by atoms with Crippen molar-refractivity contribution in [3.8, 4) is 0 Å². The van der Waals surface area contributed by atoms with Gasteiger partial charge in [-0.1, -0.05) is 24.3 Å². The van der Waals surface area contributed by atoms with Gasteiger partial charge in [0.05, 0.1) is 13.6 Å². The van der Waals surface area contributed by atoms with Gasteiger partial charge in [-0.25, -0.2) is 9.28 Å². The average Bonchev–Trinajstić information content (AvgIpc) is 2.17. The normalized spacial score (nSPS) is 25.6. The third-order valence-corrected chi connectivity index (χ3v) is 3.34. The fourth-order valence-corrected chi connectivity index (χ4v) is 2.07. The monoisotopic (exact) mass is 210 g/mol. The third-order valence-electron chi connectivity index (χ3n) is 2.94. The predicted molar refractivity (Wildman–Crippen MR) is 56.2 cm³/mol. The lowest BCUT2D eigenvalue weighted by Crippen LogP contribution is -2.49. The first-order valence-electron chi connectivity index (χ1n) is 4.73. The van der Waals surface area contributed by atoms with Crippen LogP contribution in [0.4, 0.5) is 4.79 Å². The number of rotatable bonds is 0. The van der Waals surface area contributed by atoms with E-state index < -0.39 is 0 Å². The van der Waals surface area contributed by atoms with Crippen molar-refractivity contribution in [3.05, 3.63) is 35.4 Å². The van der Waals surface area contributed by atoms with E-state index in [1.54, 1.807) is 0 Å². The molecule has 0 bridgehead atoms. The zero-order chi connectivity index (χ0) is 10.2.